The Morgan fingerprint density at radius 3 is 0.467 bits per heavy atom. The fraction of sp³-hybridized carbons (Fsp3) is 0. The normalized spacial score (nSPS) is 4.80. The van der Waals surface area contributed by atoms with Gasteiger partial charge in [0, 0.05) is 0 Å². The van der Waals surface area contributed by atoms with Crippen LogP contribution in [-0.2, 0) is 0 Å². The van der Waals surface area contributed by atoms with Crippen LogP contribution in [0.5, 0.6) is 0 Å². The molecule has 0 spiro atoms. The summed E-state index contributed by atoms with van der Waals surface area (Å²) in [7, 11) is 0. The van der Waals surface area contributed by atoms with Crippen molar-refractivity contribution in [3.05, 3.63) is 0 Å². The second-order valence-corrected chi connectivity index (χ2v) is 0.848. The molecular formula is C3H9K3O9. The fourth-order valence-corrected chi connectivity index (χ4v) is 0. The molecule has 9 nitrogen and oxygen atoms in total. The van der Waals surface area contributed by atoms with Crippen LogP contribution in [0.25, 0.3) is 0 Å². The molecule has 0 aliphatic carbocycles. The van der Waals surface area contributed by atoms with Crippen LogP contribution in [0.3, 0.4) is 0 Å². The zero-order chi connectivity index (χ0) is 10.7. The minimum atomic E-state index is -1.83. The van der Waals surface area contributed by atoms with E-state index in [0.717, 1.165) is 0 Å². The summed E-state index contributed by atoms with van der Waals surface area (Å²) in [6, 6.07) is 0. The van der Waals surface area contributed by atoms with E-state index < -0.39 is 18.5 Å². The molecule has 0 unspecified atom stereocenters. The zero-order valence-corrected chi connectivity index (χ0v) is 5.41. The Balaban J connectivity index is -0.0000000184. The van der Waals surface area contributed by atoms with Gasteiger partial charge in [0.15, 0.2) is 0 Å². The van der Waals surface area contributed by atoms with Crippen LogP contribution in [0.2, 0.25) is 0 Å². The van der Waals surface area contributed by atoms with E-state index in [1.807, 2.05) is 0 Å². The maximum absolute atomic E-state index is 8.56. The van der Waals surface area contributed by atoms with Crippen molar-refractivity contribution in [3.8, 4) is 0 Å². The molecule has 0 aromatic rings. The topological polar surface area (TPSA) is 173 Å². The Morgan fingerprint density at radius 2 is 0.467 bits per heavy atom. The predicted molar refractivity (Wildman–Crippen MR) is 53.4 cm³/mol. The van der Waals surface area contributed by atoms with Gasteiger partial charge in [-0.1, -0.05) is 0 Å². The Kier molecular flexibility index (Phi) is 72.3. The SMILES string of the molecule is O=C(O)O.O=C(O)O.O=C(O)O.[KH].[KH].[KH]. The molecule has 0 saturated carbocycles. The number of hydrogen-bond donors (Lipinski definition) is 6. The monoisotopic (exact) mass is 306 g/mol. The van der Waals surface area contributed by atoms with Crippen molar-refractivity contribution < 1.29 is 45.0 Å². The Hall–Kier alpha value is 2.72. The molecule has 0 radical (unpaired) electrons. The van der Waals surface area contributed by atoms with E-state index in [-0.39, 0.29) is 154 Å². The van der Waals surface area contributed by atoms with Crippen LogP contribution in [0.4, 0.5) is 14.4 Å². The van der Waals surface area contributed by atoms with Crippen LogP contribution >= 0.6 is 0 Å². The summed E-state index contributed by atoms with van der Waals surface area (Å²) in [6.45, 7) is 0. The van der Waals surface area contributed by atoms with Gasteiger partial charge in [0.25, 0.3) is 0 Å². The molecule has 0 bridgehead atoms. The van der Waals surface area contributed by atoms with Crippen LogP contribution in [-0.4, -0.2) is 203 Å². The summed E-state index contributed by atoms with van der Waals surface area (Å²) in [4.78, 5) is 25.7. The van der Waals surface area contributed by atoms with Crippen LogP contribution < -0.4 is 0 Å². The van der Waals surface area contributed by atoms with Crippen molar-refractivity contribution in [2.24, 2.45) is 0 Å². The van der Waals surface area contributed by atoms with Gasteiger partial charge in [-0.3, -0.25) is 0 Å². The molecule has 0 aromatic carbocycles. The standard InChI is InChI=1S/3CH2O3.3K.3H/c3*2-1(3)4;;;;;;/h3*(H2,2,3,4);;;;;;. The van der Waals surface area contributed by atoms with Crippen molar-refractivity contribution in [2.45, 2.75) is 0 Å². The van der Waals surface area contributed by atoms with Gasteiger partial charge in [0.2, 0.25) is 0 Å². The van der Waals surface area contributed by atoms with E-state index in [4.69, 9.17) is 45.0 Å². The molecule has 0 atom stereocenters. The van der Waals surface area contributed by atoms with Crippen molar-refractivity contribution in [2.75, 3.05) is 0 Å². The number of rotatable bonds is 0. The molecule has 0 aliphatic heterocycles. The summed E-state index contributed by atoms with van der Waals surface area (Å²) in [5.74, 6) is 0. The molecular weight excluding hydrogens is 297 g/mol. The van der Waals surface area contributed by atoms with Crippen LogP contribution in [0.15, 0.2) is 0 Å². The first kappa shape index (κ1) is 36.1. The quantitative estimate of drug-likeness (QED) is 0.298. The third kappa shape index (κ3) is 490. The van der Waals surface area contributed by atoms with E-state index in [1.165, 1.54) is 0 Å². The van der Waals surface area contributed by atoms with Crippen molar-refractivity contribution in [3.63, 3.8) is 0 Å². The summed E-state index contributed by atoms with van der Waals surface area (Å²) < 4.78 is 0. The fourth-order valence-electron chi connectivity index (χ4n) is 0. The average Bonchev–Trinajstić information content (AvgIpc) is 1.54. The Labute approximate surface area is 211 Å². The number of carbonyl (C=O) groups is 3. The molecule has 78 valence electrons. The molecule has 6 N–H and O–H groups in total. The Morgan fingerprint density at radius 1 is 0.467 bits per heavy atom. The molecule has 0 rings (SSSR count). The van der Waals surface area contributed by atoms with E-state index >= 15 is 0 Å². The molecule has 0 fully saturated rings. The molecule has 0 saturated heterocycles. The van der Waals surface area contributed by atoms with Crippen LogP contribution in [0, 0.1) is 0 Å². The van der Waals surface area contributed by atoms with Gasteiger partial charge in [-0.15, -0.1) is 0 Å². The second kappa shape index (κ2) is 30.1. The van der Waals surface area contributed by atoms with Gasteiger partial charge in [-0.25, -0.2) is 14.4 Å². The zero-order valence-electron chi connectivity index (χ0n) is 5.41. The first-order valence-corrected chi connectivity index (χ1v) is 1.95. The molecule has 15 heavy (non-hydrogen) atoms. The van der Waals surface area contributed by atoms with Gasteiger partial charge in [-0.2, -0.15) is 0 Å². The number of hydrogen-bond acceptors (Lipinski definition) is 3. The van der Waals surface area contributed by atoms with Crippen molar-refractivity contribution >= 4 is 173 Å². The summed E-state index contributed by atoms with van der Waals surface area (Å²) in [6.07, 6.45) is -5.50. The summed E-state index contributed by atoms with van der Waals surface area (Å²) in [5.41, 5.74) is 0. The van der Waals surface area contributed by atoms with E-state index in [9.17, 15) is 0 Å². The van der Waals surface area contributed by atoms with E-state index in [0.29, 0.717) is 0 Å². The van der Waals surface area contributed by atoms with Gasteiger partial charge in [0.05, 0.1) is 0 Å². The molecule has 0 aliphatic rings. The maximum atomic E-state index is 8.56. The first-order valence-electron chi connectivity index (χ1n) is 1.95. The van der Waals surface area contributed by atoms with E-state index in [1.54, 1.807) is 0 Å². The third-order valence-electron chi connectivity index (χ3n) is 0. The molecule has 0 aromatic heterocycles. The molecule has 0 amide bonds. The first-order chi connectivity index (χ1) is 5.20. The Bertz CT molecular complexity index is 118. The predicted octanol–water partition coefficient (Wildman–Crippen LogP) is -1.28. The molecule has 12 heteroatoms. The van der Waals surface area contributed by atoms with Crippen LogP contribution in [0.1, 0.15) is 0 Å². The van der Waals surface area contributed by atoms with Gasteiger partial charge in [-0.05, 0) is 0 Å². The van der Waals surface area contributed by atoms with Crippen molar-refractivity contribution in [1.29, 1.82) is 0 Å². The summed E-state index contributed by atoms with van der Waals surface area (Å²) in [5, 5.41) is 41.8. The van der Waals surface area contributed by atoms with E-state index in [2.05, 4.69) is 0 Å². The van der Waals surface area contributed by atoms with Crippen molar-refractivity contribution in [1.82, 2.24) is 0 Å². The van der Waals surface area contributed by atoms with Gasteiger partial charge < -0.3 is 30.6 Å². The summed E-state index contributed by atoms with van der Waals surface area (Å²) >= 11 is 0. The third-order valence-corrected chi connectivity index (χ3v) is 0. The minimum absolute atomic E-state index is 0. The molecule has 0 heterocycles. The number of carboxylic acid groups (broad SMARTS) is 6. The van der Waals surface area contributed by atoms with Gasteiger partial charge in [0.1, 0.15) is 0 Å². The second-order valence-electron chi connectivity index (χ2n) is 0.848. The average molecular weight is 306 g/mol. The van der Waals surface area contributed by atoms with Gasteiger partial charge >= 0.3 is 173 Å².